The van der Waals surface area contributed by atoms with Gasteiger partial charge in [0.05, 0.1) is 29.0 Å². The van der Waals surface area contributed by atoms with E-state index < -0.39 is 21.8 Å². The zero-order valence-corrected chi connectivity index (χ0v) is 18.7. The van der Waals surface area contributed by atoms with Crippen molar-refractivity contribution in [2.75, 3.05) is 29.5 Å². The summed E-state index contributed by atoms with van der Waals surface area (Å²) in [5.74, 6) is -1.15. The van der Waals surface area contributed by atoms with Gasteiger partial charge >= 0.3 is 0 Å². The van der Waals surface area contributed by atoms with E-state index in [-0.39, 0.29) is 23.5 Å². The van der Waals surface area contributed by atoms with Gasteiger partial charge in [0.2, 0.25) is 5.91 Å². The number of ether oxygens (including phenoxy) is 1. The highest BCUT2D eigenvalue weighted by atomic mass is 32.2. The average Bonchev–Trinajstić information content (AvgIpc) is 3.27. The molecule has 0 bridgehead atoms. The number of hydrogen-bond donors (Lipinski definition) is 3. The first-order chi connectivity index (χ1) is 15.3. The maximum absolute atomic E-state index is 12.7. The van der Waals surface area contributed by atoms with Crippen LogP contribution in [-0.4, -0.2) is 51.3 Å². The molecule has 4 rings (SSSR count). The lowest BCUT2D eigenvalue weighted by molar-refractivity contribution is -0.116. The number of carbonyl (C=O) groups is 2. The molecule has 0 aromatic heterocycles. The summed E-state index contributed by atoms with van der Waals surface area (Å²) in [6, 6.07) is 11.3. The van der Waals surface area contributed by atoms with E-state index in [1.807, 2.05) is 19.1 Å². The standard InChI is InChI=1S/C23H27N3O5S/c1-15-4-6-16(7-5-15)13-32(29,30)14-21-23(28)26-20-11-17(8-9-19(20)25-21)22(27)24-12-18-3-2-10-31-18/h4-9,11,18,21,25H,2-3,10,12-14H2,1H3,(H,24,27)(H,26,28). The molecule has 9 heteroatoms. The molecule has 2 amide bonds. The molecule has 2 atom stereocenters. The van der Waals surface area contributed by atoms with Crippen LogP contribution in [0, 0.1) is 6.92 Å². The first-order valence-electron chi connectivity index (χ1n) is 10.7. The number of benzene rings is 2. The molecule has 0 aliphatic carbocycles. The number of amides is 2. The Morgan fingerprint density at radius 1 is 1.16 bits per heavy atom. The zero-order valence-electron chi connectivity index (χ0n) is 17.9. The van der Waals surface area contributed by atoms with Gasteiger partial charge in [-0.3, -0.25) is 9.59 Å². The number of aryl methyl sites for hydroxylation is 1. The summed E-state index contributed by atoms with van der Waals surface area (Å²) in [6.45, 7) is 3.10. The van der Waals surface area contributed by atoms with Crippen molar-refractivity contribution < 1.29 is 22.7 Å². The second-order valence-corrected chi connectivity index (χ2v) is 10.4. The molecular weight excluding hydrogens is 430 g/mol. The normalized spacial score (nSPS) is 20.2. The number of fused-ring (bicyclic) bond motifs is 1. The van der Waals surface area contributed by atoms with Gasteiger partial charge in [0.1, 0.15) is 6.04 Å². The Balaban J connectivity index is 1.39. The molecule has 3 N–H and O–H groups in total. The van der Waals surface area contributed by atoms with Gasteiger partial charge in [0.25, 0.3) is 5.91 Å². The van der Waals surface area contributed by atoms with E-state index in [9.17, 15) is 18.0 Å². The smallest absolute Gasteiger partial charge is 0.251 e. The van der Waals surface area contributed by atoms with E-state index in [0.717, 1.165) is 25.0 Å². The number of rotatable bonds is 7. The predicted molar refractivity (Wildman–Crippen MR) is 122 cm³/mol. The second-order valence-electron chi connectivity index (χ2n) is 8.33. The number of hydrogen-bond acceptors (Lipinski definition) is 6. The van der Waals surface area contributed by atoms with E-state index in [2.05, 4.69) is 16.0 Å². The Kier molecular flexibility index (Phi) is 6.48. The molecule has 1 fully saturated rings. The van der Waals surface area contributed by atoms with Crippen LogP contribution in [0.1, 0.15) is 34.3 Å². The minimum absolute atomic E-state index is 0.0422. The molecule has 170 valence electrons. The predicted octanol–water partition coefficient (Wildman–Crippen LogP) is 2.25. The average molecular weight is 458 g/mol. The van der Waals surface area contributed by atoms with Crippen molar-refractivity contribution in [3.8, 4) is 0 Å². The first kappa shape index (κ1) is 22.3. The van der Waals surface area contributed by atoms with Crippen LogP contribution in [-0.2, 0) is 25.1 Å². The third-order valence-corrected chi connectivity index (χ3v) is 7.24. The number of sulfone groups is 1. The summed E-state index contributed by atoms with van der Waals surface area (Å²) in [5, 5.41) is 8.57. The van der Waals surface area contributed by atoms with Gasteiger partial charge < -0.3 is 20.7 Å². The third kappa shape index (κ3) is 5.46. The van der Waals surface area contributed by atoms with Crippen LogP contribution >= 0.6 is 0 Å². The molecule has 2 aliphatic heterocycles. The lowest BCUT2D eigenvalue weighted by atomic mass is 10.1. The summed E-state index contributed by atoms with van der Waals surface area (Å²) in [7, 11) is -3.52. The minimum Gasteiger partial charge on any atom is -0.376 e. The fourth-order valence-corrected chi connectivity index (χ4v) is 5.43. The Morgan fingerprint density at radius 3 is 2.66 bits per heavy atom. The van der Waals surface area contributed by atoms with Gasteiger partial charge in [0, 0.05) is 18.7 Å². The second kappa shape index (κ2) is 9.30. The number of anilines is 2. The molecule has 2 unspecified atom stereocenters. The molecule has 32 heavy (non-hydrogen) atoms. The lowest BCUT2D eigenvalue weighted by Crippen LogP contribution is -2.43. The number of carbonyl (C=O) groups excluding carboxylic acids is 2. The molecule has 2 aromatic rings. The zero-order chi connectivity index (χ0) is 22.7. The van der Waals surface area contributed by atoms with Gasteiger partial charge in [0.15, 0.2) is 9.84 Å². The largest absolute Gasteiger partial charge is 0.376 e. The summed E-state index contributed by atoms with van der Waals surface area (Å²) in [4.78, 5) is 25.0. The molecule has 2 heterocycles. The van der Waals surface area contributed by atoms with Gasteiger partial charge in [-0.2, -0.15) is 0 Å². The van der Waals surface area contributed by atoms with Crippen LogP contribution in [0.4, 0.5) is 11.4 Å². The van der Waals surface area contributed by atoms with Crippen LogP contribution in [0.2, 0.25) is 0 Å². The maximum Gasteiger partial charge on any atom is 0.251 e. The van der Waals surface area contributed by atoms with Gasteiger partial charge in [-0.15, -0.1) is 0 Å². The van der Waals surface area contributed by atoms with E-state index >= 15 is 0 Å². The molecule has 2 aliphatic rings. The minimum atomic E-state index is -3.52. The molecule has 1 saturated heterocycles. The van der Waals surface area contributed by atoms with Crippen molar-refractivity contribution in [2.45, 2.75) is 37.7 Å². The van der Waals surface area contributed by atoms with E-state index in [1.165, 1.54) is 0 Å². The van der Waals surface area contributed by atoms with Crippen LogP contribution in [0.5, 0.6) is 0 Å². The molecule has 0 radical (unpaired) electrons. The van der Waals surface area contributed by atoms with Crippen LogP contribution in [0.3, 0.4) is 0 Å². The Hall–Kier alpha value is -2.91. The molecule has 0 spiro atoms. The van der Waals surface area contributed by atoms with Gasteiger partial charge in [-0.1, -0.05) is 29.8 Å². The van der Waals surface area contributed by atoms with Gasteiger partial charge in [-0.05, 0) is 43.5 Å². The maximum atomic E-state index is 12.7. The highest BCUT2D eigenvalue weighted by Crippen LogP contribution is 2.28. The lowest BCUT2D eigenvalue weighted by Gasteiger charge is -2.27. The van der Waals surface area contributed by atoms with E-state index in [1.54, 1.807) is 30.3 Å². The summed E-state index contributed by atoms with van der Waals surface area (Å²) in [6.07, 6.45) is 1.97. The Labute approximate surface area is 187 Å². The summed E-state index contributed by atoms with van der Waals surface area (Å²) in [5.41, 5.74) is 3.18. The Bertz CT molecular complexity index is 1110. The molecule has 2 aromatic carbocycles. The van der Waals surface area contributed by atoms with Crippen LogP contribution in [0.25, 0.3) is 0 Å². The SMILES string of the molecule is Cc1ccc(CS(=O)(=O)CC2Nc3ccc(C(=O)NCC4CCCO4)cc3NC2=O)cc1. The number of nitrogens with one attached hydrogen (secondary N) is 3. The van der Waals surface area contributed by atoms with Crippen molar-refractivity contribution in [1.29, 1.82) is 0 Å². The highest BCUT2D eigenvalue weighted by molar-refractivity contribution is 7.90. The van der Waals surface area contributed by atoms with Crippen molar-refractivity contribution in [3.05, 3.63) is 59.2 Å². The van der Waals surface area contributed by atoms with Crippen LogP contribution < -0.4 is 16.0 Å². The topological polar surface area (TPSA) is 114 Å². The molecular formula is C23H27N3O5S. The monoisotopic (exact) mass is 457 g/mol. The van der Waals surface area contributed by atoms with E-state index in [4.69, 9.17) is 4.74 Å². The summed E-state index contributed by atoms with van der Waals surface area (Å²) < 4.78 is 30.8. The van der Waals surface area contributed by atoms with Crippen molar-refractivity contribution in [1.82, 2.24) is 5.32 Å². The third-order valence-electron chi connectivity index (χ3n) is 5.63. The first-order valence-corrected chi connectivity index (χ1v) is 12.5. The molecule has 8 nitrogen and oxygen atoms in total. The van der Waals surface area contributed by atoms with Crippen molar-refractivity contribution in [3.63, 3.8) is 0 Å². The summed E-state index contributed by atoms with van der Waals surface area (Å²) >= 11 is 0. The van der Waals surface area contributed by atoms with E-state index in [0.29, 0.717) is 29.0 Å². The highest BCUT2D eigenvalue weighted by Gasteiger charge is 2.30. The fraction of sp³-hybridized carbons (Fsp3) is 0.391. The fourth-order valence-electron chi connectivity index (χ4n) is 3.87. The van der Waals surface area contributed by atoms with Gasteiger partial charge in [-0.25, -0.2) is 8.42 Å². The van der Waals surface area contributed by atoms with Crippen molar-refractivity contribution in [2.24, 2.45) is 0 Å². The van der Waals surface area contributed by atoms with Crippen LogP contribution in [0.15, 0.2) is 42.5 Å². The van der Waals surface area contributed by atoms with Crippen molar-refractivity contribution >= 4 is 33.0 Å². The Morgan fingerprint density at radius 2 is 1.94 bits per heavy atom. The quantitative estimate of drug-likeness (QED) is 0.588. The molecule has 0 saturated carbocycles.